The Balaban J connectivity index is 2.00. The van der Waals surface area contributed by atoms with Crippen LogP contribution in [0.5, 0.6) is 0 Å². The largest absolute Gasteiger partial charge is 0.379 e. The minimum Gasteiger partial charge on any atom is -0.379 e. The summed E-state index contributed by atoms with van der Waals surface area (Å²) in [5.74, 6) is 0. The molecular formula is C8H14FNO. The smallest absolute Gasteiger partial charge is 0.103 e. The highest BCUT2D eigenvalue weighted by Gasteiger charge is 2.39. The Morgan fingerprint density at radius 3 is 3.09 bits per heavy atom. The molecule has 0 aromatic carbocycles. The van der Waals surface area contributed by atoms with Crippen LogP contribution in [-0.2, 0) is 4.74 Å². The third kappa shape index (κ3) is 1.40. The Hall–Kier alpha value is -0.150. The highest BCUT2D eigenvalue weighted by molar-refractivity contribution is 4.96. The second-order valence-corrected chi connectivity index (χ2v) is 3.60. The summed E-state index contributed by atoms with van der Waals surface area (Å²) in [6.45, 7) is 2.30. The van der Waals surface area contributed by atoms with Crippen molar-refractivity contribution in [1.82, 2.24) is 5.32 Å². The molecule has 2 nitrogen and oxygen atoms in total. The predicted molar refractivity (Wildman–Crippen MR) is 40.3 cm³/mol. The van der Waals surface area contributed by atoms with Crippen LogP contribution in [0.15, 0.2) is 0 Å². The van der Waals surface area contributed by atoms with E-state index in [1.54, 1.807) is 0 Å². The van der Waals surface area contributed by atoms with E-state index in [1.807, 2.05) is 0 Å². The van der Waals surface area contributed by atoms with Crippen molar-refractivity contribution < 1.29 is 9.13 Å². The van der Waals surface area contributed by atoms with E-state index in [1.165, 1.54) is 0 Å². The zero-order valence-electron chi connectivity index (χ0n) is 6.61. The van der Waals surface area contributed by atoms with Crippen LogP contribution in [0.25, 0.3) is 0 Å². The minimum absolute atomic E-state index is 0.00231. The van der Waals surface area contributed by atoms with Gasteiger partial charge in [0.2, 0.25) is 0 Å². The van der Waals surface area contributed by atoms with Gasteiger partial charge in [0.05, 0.1) is 6.61 Å². The first-order valence-corrected chi connectivity index (χ1v) is 4.28. The molecule has 0 aromatic rings. The lowest BCUT2D eigenvalue weighted by Crippen LogP contribution is -2.52. The molecule has 0 amide bonds. The second kappa shape index (κ2) is 2.72. The summed E-state index contributed by atoms with van der Waals surface area (Å²) in [7, 11) is 0. The molecule has 2 heterocycles. The van der Waals surface area contributed by atoms with Crippen molar-refractivity contribution in [2.45, 2.75) is 31.0 Å². The van der Waals surface area contributed by atoms with E-state index in [0.717, 1.165) is 19.6 Å². The van der Waals surface area contributed by atoms with E-state index in [2.05, 4.69) is 5.32 Å². The molecule has 1 spiro atoms. The SMILES string of the molecule is FC1CCNC2(CCOC2)C1. The molecule has 0 aliphatic carbocycles. The van der Waals surface area contributed by atoms with Crippen molar-refractivity contribution in [3.63, 3.8) is 0 Å². The van der Waals surface area contributed by atoms with Gasteiger partial charge in [-0.25, -0.2) is 4.39 Å². The van der Waals surface area contributed by atoms with Crippen LogP contribution < -0.4 is 5.32 Å². The number of alkyl halides is 1. The van der Waals surface area contributed by atoms with Crippen LogP contribution in [0.4, 0.5) is 4.39 Å². The molecule has 11 heavy (non-hydrogen) atoms. The van der Waals surface area contributed by atoms with Crippen LogP contribution in [-0.4, -0.2) is 31.5 Å². The quantitative estimate of drug-likeness (QED) is 0.566. The average molecular weight is 159 g/mol. The Morgan fingerprint density at radius 1 is 1.55 bits per heavy atom. The summed E-state index contributed by atoms with van der Waals surface area (Å²) in [4.78, 5) is 0. The van der Waals surface area contributed by atoms with Crippen molar-refractivity contribution >= 4 is 0 Å². The molecule has 2 aliphatic rings. The van der Waals surface area contributed by atoms with Crippen LogP contribution in [0.2, 0.25) is 0 Å². The molecule has 0 bridgehead atoms. The maximum absolute atomic E-state index is 13.0. The first kappa shape index (κ1) is 7.50. The molecule has 1 N–H and O–H groups in total. The number of hydrogen-bond acceptors (Lipinski definition) is 2. The van der Waals surface area contributed by atoms with E-state index in [0.29, 0.717) is 19.4 Å². The Bertz CT molecular complexity index is 145. The number of rotatable bonds is 0. The van der Waals surface area contributed by atoms with Crippen molar-refractivity contribution in [3.8, 4) is 0 Å². The Kier molecular flexibility index (Phi) is 1.85. The zero-order valence-corrected chi connectivity index (χ0v) is 6.61. The average Bonchev–Trinajstić information content (AvgIpc) is 2.37. The molecule has 0 aromatic heterocycles. The van der Waals surface area contributed by atoms with E-state index < -0.39 is 6.17 Å². The molecule has 0 saturated carbocycles. The molecular weight excluding hydrogens is 145 g/mol. The third-order valence-electron chi connectivity index (χ3n) is 2.67. The molecule has 2 rings (SSSR count). The van der Waals surface area contributed by atoms with Gasteiger partial charge in [0.15, 0.2) is 0 Å². The Labute approximate surface area is 66.1 Å². The van der Waals surface area contributed by atoms with Gasteiger partial charge in [-0.3, -0.25) is 0 Å². The maximum atomic E-state index is 13.0. The van der Waals surface area contributed by atoms with Gasteiger partial charge in [-0.15, -0.1) is 0 Å². The lowest BCUT2D eigenvalue weighted by atomic mass is 9.87. The fourth-order valence-electron chi connectivity index (χ4n) is 2.00. The maximum Gasteiger partial charge on any atom is 0.103 e. The van der Waals surface area contributed by atoms with Gasteiger partial charge in [-0.05, 0) is 25.8 Å². The molecule has 0 radical (unpaired) electrons. The number of piperidine rings is 1. The summed E-state index contributed by atoms with van der Waals surface area (Å²) in [5, 5.41) is 3.36. The lowest BCUT2D eigenvalue weighted by molar-refractivity contribution is 0.118. The van der Waals surface area contributed by atoms with E-state index in [4.69, 9.17) is 4.74 Å². The second-order valence-electron chi connectivity index (χ2n) is 3.60. The summed E-state index contributed by atoms with van der Waals surface area (Å²) in [5.41, 5.74) is -0.00231. The molecule has 2 atom stereocenters. The van der Waals surface area contributed by atoms with Gasteiger partial charge in [-0.1, -0.05) is 0 Å². The van der Waals surface area contributed by atoms with Crippen molar-refractivity contribution in [3.05, 3.63) is 0 Å². The highest BCUT2D eigenvalue weighted by atomic mass is 19.1. The van der Waals surface area contributed by atoms with Gasteiger partial charge in [0, 0.05) is 12.1 Å². The van der Waals surface area contributed by atoms with E-state index >= 15 is 0 Å². The number of halogens is 1. The molecule has 2 unspecified atom stereocenters. The standard InChI is InChI=1S/C8H14FNO/c9-7-1-3-10-8(5-7)2-4-11-6-8/h7,10H,1-6H2. The molecule has 2 saturated heterocycles. The van der Waals surface area contributed by atoms with Crippen molar-refractivity contribution in [2.75, 3.05) is 19.8 Å². The van der Waals surface area contributed by atoms with Gasteiger partial charge in [-0.2, -0.15) is 0 Å². The number of hydrogen-bond donors (Lipinski definition) is 1. The molecule has 64 valence electrons. The first-order chi connectivity index (χ1) is 5.31. The van der Waals surface area contributed by atoms with Crippen LogP contribution in [0, 0.1) is 0 Å². The van der Waals surface area contributed by atoms with Crippen molar-refractivity contribution in [2.24, 2.45) is 0 Å². The van der Waals surface area contributed by atoms with Crippen LogP contribution in [0.1, 0.15) is 19.3 Å². The lowest BCUT2D eigenvalue weighted by Gasteiger charge is -2.34. The minimum atomic E-state index is -0.613. The van der Waals surface area contributed by atoms with E-state index in [9.17, 15) is 4.39 Å². The normalized spacial score (nSPS) is 45.0. The van der Waals surface area contributed by atoms with Gasteiger partial charge in [0.25, 0.3) is 0 Å². The van der Waals surface area contributed by atoms with Crippen molar-refractivity contribution in [1.29, 1.82) is 0 Å². The van der Waals surface area contributed by atoms with Gasteiger partial charge < -0.3 is 10.1 Å². The topological polar surface area (TPSA) is 21.3 Å². The van der Waals surface area contributed by atoms with Crippen LogP contribution in [0.3, 0.4) is 0 Å². The Morgan fingerprint density at radius 2 is 2.45 bits per heavy atom. The summed E-state index contributed by atoms with van der Waals surface area (Å²) < 4.78 is 18.2. The monoisotopic (exact) mass is 159 g/mol. The summed E-state index contributed by atoms with van der Waals surface area (Å²) >= 11 is 0. The van der Waals surface area contributed by atoms with Gasteiger partial charge in [0.1, 0.15) is 6.17 Å². The zero-order chi connectivity index (χ0) is 7.73. The molecule has 2 aliphatic heterocycles. The van der Waals surface area contributed by atoms with Gasteiger partial charge >= 0.3 is 0 Å². The summed E-state index contributed by atoms with van der Waals surface area (Å²) in [6.07, 6.45) is 1.68. The van der Waals surface area contributed by atoms with E-state index in [-0.39, 0.29) is 5.54 Å². The number of ether oxygens (including phenoxy) is 1. The predicted octanol–water partition coefficient (Wildman–Crippen LogP) is 0.867. The first-order valence-electron chi connectivity index (χ1n) is 4.28. The highest BCUT2D eigenvalue weighted by Crippen LogP contribution is 2.29. The fourth-order valence-corrected chi connectivity index (χ4v) is 2.00. The third-order valence-corrected chi connectivity index (χ3v) is 2.67. The van der Waals surface area contributed by atoms with Crippen LogP contribution >= 0.6 is 0 Å². The fraction of sp³-hybridized carbons (Fsp3) is 1.00. The summed E-state index contributed by atoms with van der Waals surface area (Å²) in [6, 6.07) is 0. The number of nitrogens with one attached hydrogen (secondary N) is 1. The molecule has 3 heteroatoms. The molecule has 2 fully saturated rings.